The molecule has 29 heavy (non-hydrogen) atoms. The second kappa shape index (κ2) is 8.52. The largest absolute Gasteiger partial charge is 0.491 e. The number of rotatable bonds is 7. The SMILES string of the molecule is COc1cnc(CSc2nncn2C)cc1OCC(=O)N1CCc2ccccc21. The van der Waals surface area contributed by atoms with E-state index >= 15 is 0 Å². The Morgan fingerprint density at radius 3 is 2.93 bits per heavy atom. The number of carbonyl (C=O) groups is 1. The molecule has 2 aromatic heterocycles. The van der Waals surface area contributed by atoms with Crippen LogP contribution in [0.5, 0.6) is 11.5 Å². The summed E-state index contributed by atoms with van der Waals surface area (Å²) in [5.74, 6) is 1.51. The zero-order valence-electron chi connectivity index (χ0n) is 16.2. The van der Waals surface area contributed by atoms with Gasteiger partial charge in [-0.3, -0.25) is 9.78 Å². The standard InChI is InChI=1S/C20H21N5O3S/c1-24-13-22-23-20(24)29-12-15-9-17(18(27-2)10-21-15)28-11-19(26)25-8-7-14-5-3-4-6-16(14)25/h3-6,9-10,13H,7-8,11-12H2,1-2H3. The maximum absolute atomic E-state index is 12.7. The number of aromatic nitrogens is 4. The number of aryl methyl sites for hydroxylation is 1. The third-order valence-electron chi connectivity index (χ3n) is 4.67. The molecule has 0 saturated carbocycles. The lowest BCUT2D eigenvalue weighted by molar-refractivity contribution is -0.120. The molecule has 150 valence electrons. The molecule has 0 spiro atoms. The number of pyridine rings is 1. The van der Waals surface area contributed by atoms with E-state index in [0.717, 1.165) is 23.0 Å². The van der Waals surface area contributed by atoms with Crippen molar-refractivity contribution in [3.63, 3.8) is 0 Å². The van der Waals surface area contributed by atoms with Crippen molar-refractivity contribution >= 4 is 23.4 Å². The van der Waals surface area contributed by atoms with Crippen LogP contribution in [0.4, 0.5) is 5.69 Å². The fourth-order valence-electron chi connectivity index (χ4n) is 3.17. The summed E-state index contributed by atoms with van der Waals surface area (Å²) >= 11 is 1.52. The van der Waals surface area contributed by atoms with Crippen molar-refractivity contribution in [3.8, 4) is 11.5 Å². The Hall–Kier alpha value is -3.07. The number of hydrogen-bond donors (Lipinski definition) is 0. The number of benzene rings is 1. The first-order valence-corrected chi connectivity index (χ1v) is 10.1. The number of fused-ring (bicyclic) bond motifs is 1. The quantitative estimate of drug-likeness (QED) is 0.553. The third-order valence-corrected chi connectivity index (χ3v) is 5.73. The highest BCUT2D eigenvalue weighted by atomic mass is 32.2. The van der Waals surface area contributed by atoms with Crippen LogP contribution in [0.25, 0.3) is 0 Å². The van der Waals surface area contributed by atoms with Gasteiger partial charge in [-0.1, -0.05) is 30.0 Å². The summed E-state index contributed by atoms with van der Waals surface area (Å²) in [7, 11) is 3.44. The van der Waals surface area contributed by atoms with Crippen LogP contribution in [0.1, 0.15) is 11.3 Å². The van der Waals surface area contributed by atoms with Crippen molar-refractivity contribution in [1.82, 2.24) is 19.7 Å². The highest BCUT2D eigenvalue weighted by Gasteiger charge is 2.24. The van der Waals surface area contributed by atoms with Gasteiger partial charge in [-0.05, 0) is 18.1 Å². The van der Waals surface area contributed by atoms with Gasteiger partial charge in [0.05, 0.1) is 19.0 Å². The van der Waals surface area contributed by atoms with E-state index in [4.69, 9.17) is 9.47 Å². The molecule has 0 atom stereocenters. The lowest BCUT2D eigenvalue weighted by atomic mass is 10.2. The first-order chi connectivity index (χ1) is 14.2. The normalized spacial score (nSPS) is 12.7. The van der Waals surface area contributed by atoms with E-state index in [1.165, 1.54) is 17.3 Å². The van der Waals surface area contributed by atoms with Gasteiger partial charge in [0, 0.05) is 31.1 Å². The summed E-state index contributed by atoms with van der Waals surface area (Å²) in [6.07, 6.45) is 4.13. The molecule has 3 aromatic rings. The molecule has 0 bridgehead atoms. The van der Waals surface area contributed by atoms with Crippen LogP contribution in [-0.2, 0) is 24.0 Å². The van der Waals surface area contributed by atoms with Gasteiger partial charge in [-0.15, -0.1) is 10.2 Å². The maximum Gasteiger partial charge on any atom is 0.264 e. The van der Waals surface area contributed by atoms with E-state index in [1.54, 1.807) is 30.6 Å². The molecule has 1 amide bonds. The Balaban J connectivity index is 1.42. The number of anilines is 1. The number of carbonyl (C=O) groups excluding carboxylic acids is 1. The molecular formula is C20H21N5O3S. The first-order valence-electron chi connectivity index (χ1n) is 9.16. The van der Waals surface area contributed by atoms with E-state index < -0.39 is 0 Å². The van der Waals surface area contributed by atoms with Crippen molar-refractivity contribution < 1.29 is 14.3 Å². The second-order valence-corrected chi connectivity index (χ2v) is 7.49. The van der Waals surface area contributed by atoms with E-state index in [1.807, 2.05) is 29.8 Å². The number of methoxy groups -OCH3 is 1. The summed E-state index contributed by atoms with van der Waals surface area (Å²) < 4.78 is 13.0. The smallest absolute Gasteiger partial charge is 0.264 e. The molecule has 0 N–H and O–H groups in total. The number of para-hydroxylation sites is 1. The highest BCUT2D eigenvalue weighted by molar-refractivity contribution is 7.98. The van der Waals surface area contributed by atoms with Crippen LogP contribution in [0.15, 0.2) is 48.0 Å². The molecule has 0 saturated heterocycles. The first kappa shape index (κ1) is 19.3. The average molecular weight is 411 g/mol. The minimum atomic E-state index is -0.0798. The second-order valence-electron chi connectivity index (χ2n) is 6.55. The number of nitrogens with zero attached hydrogens (tertiary/aromatic N) is 5. The molecule has 1 aromatic carbocycles. The minimum Gasteiger partial charge on any atom is -0.491 e. The van der Waals surface area contributed by atoms with Crippen LogP contribution >= 0.6 is 11.8 Å². The van der Waals surface area contributed by atoms with Crippen molar-refractivity contribution in [2.24, 2.45) is 7.05 Å². The number of ether oxygens (including phenoxy) is 2. The maximum atomic E-state index is 12.7. The van der Waals surface area contributed by atoms with E-state index in [9.17, 15) is 4.79 Å². The Labute approximate surface area is 172 Å². The van der Waals surface area contributed by atoms with Gasteiger partial charge in [-0.2, -0.15) is 0 Å². The van der Waals surface area contributed by atoms with Crippen LogP contribution < -0.4 is 14.4 Å². The zero-order chi connectivity index (χ0) is 20.2. The number of hydrogen-bond acceptors (Lipinski definition) is 7. The van der Waals surface area contributed by atoms with Crippen LogP contribution in [0.2, 0.25) is 0 Å². The molecule has 8 nitrogen and oxygen atoms in total. The van der Waals surface area contributed by atoms with Crippen molar-refractivity contribution in [3.05, 3.63) is 54.1 Å². The van der Waals surface area contributed by atoms with Gasteiger partial charge in [0.1, 0.15) is 6.33 Å². The molecule has 4 rings (SSSR count). The fraction of sp³-hybridized carbons (Fsp3) is 0.300. The Morgan fingerprint density at radius 2 is 2.14 bits per heavy atom. The third kappa shape index (κ3) is 4.19. The van der Waals surface area contributed by atoms with Gasteiger partial charge in [0.15, 0.2) is 23.3 Å². The predicted octanol–water partition coefficient (Wildman–Crippen LogP) is 2.48. The Kier molecular flexibility index (Phi) is 5.66. The van der Waals surface area contributed by atoms with Crippen LogP contribution in [-0.4, -0.2) is 45.9 Å². The molecule has 0 aliphatic carbocycles. The van der Waals surface area contributed by atoms with Crippen LogP contribution in [0, 0.1) is 0 Å². The number of amides is 1. The van der Waals surface area contributed by atoms with Crippen molar-refractivity contribution in [1.29, 1.82) is 0 Å². The molecule has 1 aliphatic heterocycles. The molecule has 1 aliphatic rings. The van der Waals surface area contributed by atoms with Gasteiger partial charge < -0.3 is 18.9 Å². The molecule has 3 heterocycles. The molecule has 0 radical (unpaired) electrons. The summed E-state index contributed by atoms with van der Waals surface area (Å²) in [6, 6.07) is 9.75. The van der Waals surface area contributed by atoms with Crippen molar-refractivity contribution in [2.45, 2.75) is 17.3 Å². The topological polar surface area (TPSA) is 82.4 Å². The van der Waals surface area contributed by atoms with Gasteiger partial charge >= 0.3 is 0 Å². The Bertz CT molecular complexity index is 1020. The van der Waals surface area contributed by atoms with Crippen molar-refractivity contribution in [2.75, 3.05) is 25.2 Å². The van der Waals surface area contributed by atoms with Gasteiger partial charge in [0.25, 0.3) is 5.91 Å². The molecule has 0 fully saturated rings. The summed E-state index contributed by atoms with van der Waals surface area (Å²) in [5, 5.41) is 8.72. The number of thioether (sulfide) groups is 1. The molecule has 0 unspecified atom stereocenters. The average Bonchev–Trinajstić information content (AvgIpc) is 3.36. The lowest BCUT2D eigenvalue weighted by Crippen LogP contribution is -2.33. The highest BCUT2D eigenvalue weighted by Crippen LogP contribution is 2.30. The van der Waals surface area contributed by atoms with E-state index in [0.29, 0.717) is 23.8 Å². The van der Waals surface area contributed by atoms with Gasteiger partial charge in [0.2, 0.25) is 0 Å². The lowest BCUT2D eigenvalue weighted by Gasteiger charge is -2.18. The van der Waals surface area contributed by atoms with Crippen LogP contribution in [0.3, 0.4) is 0 Å². The monoisotopic (exact) mass is 411 g/mol. The minimum absolute atomic E-state index is 0.0649. The predicted molar refractivity (Wildman–Crippen MR) is 109 cm³/mol. The Morgan fingerprint density at radius 1 is 1.28 bits per heavy atom. The summed E-state index contributed by atoms with van der Waals surface area (Å²) in [5.41, 5.74) is 2.95. The van der Waals surface area contributed by atoms with E-state index in [2.05, 4.69) is 21.2 Å². The molecular weight excluding hydrogens is 390 g/mol. The summed E-state index contributed by atoms with van der Waals surface area (Å²) in [4.78, 5) is 18.9. The fourth-order valence-corrected chi connectivity index (χ4v) is 3.96. The summed E-state index contributed by atoms with van der Waals surface area (Å²) in [6.45, 7) is 0.610. The van der Waals surface area contributed by atoms with Gasteiger partial charge in [-0.25, -0.2) is 0 Å². The zero-order valence-corrected chi connectivity index (χ0v) is 17.1. The van der Waals surface area contributed by atoms with E-state index in [-0.39, 0.29) is 12.5 Å². The molecule has 9 heteroatoms.